The lowest BCUT2D eigenvalue weighted by atomic mass is 10.0. The van der Waals surface area contributed by atoms with Gasteiger partial charge in [0, 0.05) is 23.0 Å². The molecule has 198 valence electrons. The van der Waals surface area contributed by atoms with E-state index in [1.54, 1.807) is 6.07 Å². The number of hydrogen-bond donors (Lipinski definition) is 4. The van der Waals surface area contributed by atoms with Crippen LogP contribution in [0, 0.1) is 10.1 Å². The summed E-state index contributed by atoms with van der Waals surface area (Å²) in [6.45, 7) is 0. The number of anilines is 5. The fraction of sp³-hybridized carbons (Fsp3) is 0.0345. The van der Waals surface area contributed by atoms with E-state index in [-0.39, 0.29) is 23.4 Å². The first-order chi connectivity index (χ1) is 19.5. The molecule has 11 heteroatoms. The summed E-state index contributed by atoms with van der Waals surface area (Å²) >= 11 is 0. The lowest BCUT2D eigenvalue weighted by Crippen LogP contribution is -2.07. The van der Waals surface area contributed by atoms with Crippen molar-refractivity contribution in [3.8, 4) is 5.75 Å². The molecule has 5 rings (SSSR count). The van der Waals surface area contributed by atoms with Crippen LogP contribution in [0.3, 0.4) is 0 Å². The molecule has 0 aliphatic rings. The van der Waals surface area contributed by atoms with Crippen LogP contribution < -0.4 is 16.1 Å². The highest BCUT2D eigenvalue weighted by Gasteiger charge is 2.18. The summed E-state index contributed by atoms with van der Waals surface area (Å²) in [7, 11) is 0. The summed E-state index contributed by atoms with van der Waals surface area (Å²) in [5.41, 5.74) is 5.70. The number of phenols is 1. The van der Waals surface area contributed by atoms with Gasteiger partial charge in [-0.2, -0.15) is 20.1 Å². The third-order valence-electron chi connectivity index (χ3n) is 5.69. The minimum absolute atomic E-state index is 0.109. The zero-order chi connectivity index (χ0) is 27.7. The molecule has 4 aromatic carbocycles. The number of para-hydroxylation sites is 2. The number of aromatic nitrogens is 3. The lowest BCUT2D eigenvalue weighted by molar-refractivity contribution is -0.385. The number of benzene rings is 4. The number of nitro benzene ring substituents is 1. The molecule has 0 fully saturated rings. The van der Waals surface area contributed by atoms with E-state index in [4.69, 9.17) is 0 Å². The van der Waals surface area contributed by atoms with Crippen LogP contribution in [0.15, 0.2) is 108 Å². The van der Waals surface area contributed by atoms with Crippen molar-refractivity contribution < 1.29 is 10.0 Å². The summed E-state index contributed by atoms with van der Waals surface area (Å²) in [6.07, 6.45) is 1.74. The SMILES string of the molecule is O=[N+]([O-])c1cc(Cc2ccccc2)cc(/C=N\Nc2nc(Nc3ccccc3)nc(Nc3ccccc3)n2)c1O. The molecule has 4 N–H and O–H groups in total. The third-order valence-corrected chi connectivity index (χ3v) is 5.69. The quantitative estimate of drug-likeness (QED) is 0.0963. The number of aromatic hydroxyl groups is 1. The summed E-state index contributed by atoms with van der Waals surface area (Å²) in [4.78, 5) is 24.2. The van der Waals surface area contributed by atoms with Gasteiger partial charge in [-0.1, -0.05) is 66.7 Å². The van der Waals surface area contributed by atoms with Crippen LogP contribution in [-0.2, 0) is 6.42 Å². The number of nitrogens with zero attached hydrogens (tertiary/aromatic N) is 5. The number of rotatable bonds is 10. The molecule has 0 saturated carbocycles. The Kier molecular flexibility index (Phi) is 7.83. The zero-order valence-corrected chi connectivity index (χ0v) is 21.1. The zero-order valence-electron chi connectivity index (χ0n) is 21.1. The van der Waals surface area contributed by atoms with Gasteiger partial charge in [0.2, 0.25) is 23.6 Å². The van der Waals surface area contributed by atoms with Crippen molar-refractivity contribution in [2.75, 3.05) is 16.1 Å². The van der Waals surface area contributed by atoms with Crippen LogP contribution in [-0.4, -0.2) is 31.2 Å². The Morgan fingerprint density at radius 2 is 1.27 bits per heavy atom. The Labute approximate surface area is 229 Å². The van der Waals surface area contributed by atoms with Gasteiger partial charge >= 0.3 is 5.69 Å². The van der Waals surface area contributed by atoms with Gasteiger partial charge in [-0.15, -0.1) is 0 Å². The second-order valence-electron chi connectivity index (χ2n) is 8.63. The molecule has 5 aromatic rings. The van der Waals surface area contributed by atoms with E-state index in [1.165, 1.54) is 12.3 Å². The van der Waals surface area contributed by atoms with Gasteiger partial charge in [0.15, 0.2) is 0 Å². The molecule has 0 bridgehead atoms. The Hall–Kier alpha value is -5.84. The van der Waals surface area contributed by atoms with E-state index in [1.807, 2.05) is 91.0 Å². The van der Waals surface area contributed by atoms with Gasteiger partial charge in [-0.25, -0.2) is 5.43 Å². The molecule has 0 amide bonds. The van der Waals surface area contributed by atoms with E-state index in [2.05, 4.69) is 36.1 Å². The molecule has 0 radical (unpaired) electrons. The Morgan fingerprint density at radius 1 is 0.750 bits per heavy atom. The highest BCUT2D eigenvalue weighted by molar-refractivity contribution is 5.86. The molecule has 40 heavy (non-hydrogen) atoms. The van der Waals surface area contributed by atoms with E-state index >= 15 is 0 Å². The van der Waals surface area contributed by atoms with E-state index in [9.17, 15) is 15.2 Å². The van der Waals surface area contributed by atoms with Crippen molar-refractivity contribution >= 4 is 41.1 Å². The predicted octanol–water partition coefficient (Wildman–Crippen LogP) is 6.01. The second-order valence-corrected chi connectivity index (χ2v) is 8.63. The first-order valence-corrected chi connectivity index (χ1v) is 12.3. The average molecular weight is 533 g/mol. The Morgan fingerprint density at radius 3 is 1.82 bits per heavy atom. The fourth-order valence-corrected chi connectivity index (χ4v) is 3.87. The van der Waals surface area contributed by atoms with Crippen molar-refractivity contribution in [1.82, 2.24) is 15.0 Å². The normalized spacial score (nSPS) is 10.8. The van der Waals surface area contributed by atoms with Gasteiger partial charge in [-0.05, 0) is 47.9 Å². The maximum Gasteiger partial charge on any atom is 0.311 e. The van der Waals surface area contributed by atoms with Crippen LogP contribution in [0.1, 0.15) is 16.7 Å². The van der Waals surface area contributed by atoms with Gasteiger partial charge in [0.05, 0.1) is 11.1 Å². The molecule has 0 spiro atoms. The van der Waals surface area contributed by atoms with Crippen LogP contribution in [0.25, 0.3) is 0 Å². The van der Waals surface area contributed by atoms with Crippen LogP contribution in [0.5, 0.6) is 5.75 Å². The molecule has 11 nitrogen and oxygen atoms in total. The third kappa shape index (κ3) is 6.72. The summed E-state index contributed by atoms with van der Waals surface area (Å²) in [5, 5.41) is 32.5. The number of hydrazone groups is 1. The first-order valence-electron chi connectivity index (χ1n) is 12.3. The van der Waals surface area contributed by atoms with E-state index in [0.717, 1.165) is 16.9 Å². The van der Waals surface area contributed by atoms with Crippen molar-refractivity contribution in [1.29, 1.82) is 0 Å². The van der Waals surface area contributed by atoms with Crippen LogP contribution in [0.4, 0.5) is 34.9 Å². The van der Waals surface area contributed by atoms with Crippen molar-refractivity contribution in [2.24, 2.45) is 5.10 Å². The molecule has 1 heterocycles. The summed E-state index contributed by atoms with van der Waals surface area (Å²) < 4.78 is 0. The number of nitro groups is 1. The number of phenolic OH excluding ortho intramolecular Hbond substituents is 1. The molecule has 0 aliphatic heterocycles. The summed E-state index contributed by atoms with van der Waals surface area (Å²) in [5.74, 6) is 0.153. The summed E-state index contributed by atoms with van der Waals surface area (Å²) in [6, 6.07) is 31.4. The lowest BCUT2D eigenvalue weighted by Gasteiger charge is -2.10. The molecule has 0 aliphatic carbocycles. The molecular formula is C29H24N8O3. The average Bonchev–Trinajstić information content (AvgIpc) is 2.96. The topological polar surface area (TPSA) is 150 Å². The van der Waals surface area contributed by atoms with Crippen molar-refractivity contribution in [3.05, 3.63) is 130 Å². The molecule has 0 saturated heterocycles. The largest absolute Gasteiger partial charge is 0.502 e. The monoisotopic (exact) mass is 532 g/mol. The Bertz CT molecular complexity index is 1570. The first kappa shape index (κ1) is 25.8. The predicted molar refractivity (Wildman–Crippen MR) is 155 cm³/mol. The van der Waals surface area contributed by atoms with Crippen LogP contribution in [0.2, 0.25) is 0 Å². The molecule has 0 atom stereocenters. The van der Waals surface area contributed by atoms with Crippen molar-refractivity contribution in [2.45, 2.75) is 6.42 Å². The smallest absolute Gasteiger partial charge is 0.311 e. The highest BCUT2D eigenvalue weighted by Crippen LogP contribution is 2.31. The number of hydrogen-bond acceptors (Lipinski definition) is 10. The highest BCUT2D eigenvalue weighted by atomic mass is 16.6. The van der Waals surface area contributed by atoms with E-state index in [0.29, 0.717) is 12.0 Å². The van der Waals surface area contributed by atoms with Gasteiger partial charge in [0.1, 0.15) is 0 Å². The van der Waals surface area contributed by atoms with Gasteiger partial charge in [0.25, 0.3) is 0 Å². The molecule has 1 aromatic heterocycles. The van der Waals surface area contributed by atoms with Gasteiger partial charge in [-0.3, -0.25) is 10.1 Å². The van der Waals surface area contributed by atoms with Crippen molar-refractivity contribution in [3.63, 3.8) is 0 Å². The second kappa shape index (κ2) is 12.1. The number of nitrogens with one attached hydrogen (secondary N) is 3. The minimum atomic E-state index is -0.621. The minimum Gasteiger partial charge on any atom is -0.502 e. The molecule has 0 unspecified atom stereocenters. The van der Waals surface area contributed by atoms with Crippen LogP contribution >= 0.6 is 0 Å². The van der Waals surface area contributed by atoms with E-state index < -0.39 is 16.4 Å². The maximum absolute atomic E-state index is 11.6. The maximum atomic E-state index is 11.6. The molecular weight excluding hydrogens is 508 g/mol. The van der Waals surface area contributed by atoms with Gasteiger partial charge < -0.3 is 15.7 Å². The Balaban J connectivity index is 1.41. The fourth-order valence-electron chi connectivity index (χ4n) is 3.87. The standard InChI is InChI=1S/C29H24N8O3/c38-26-22(17-21(18-25(26)37(39)40)16-20-10-4-1-5-11-20)19-30-36-29-34-27(31-23-12-6-2-7-13-23)33-28(35-29)32-24-14-8-3-9-15-24/h1-15,17-19,38H,16H2,(H3,31,32,33,34,35,36)/b30-19-.